The van der Waals surface area contributed by atoms with Crippen LogP contribution in [-0.4, -0.2) is 28.9 Å². The smallest absolute Gasteiger partial charge is 0.339 e. The number of nitro benzene ring substituents is 1. The fraction of sp³-hybridized carbons (Fsp3) is 0.556. The molecular weight excluding hydrogens is 338 g/mol. The van der Waals surface area contributed by atoms with Gasteiger partial charge in [-0.15, -0.1) is 0 Å². The predicted octanol–water partition coefficient (Wildman–Crippen LogP) is 2.66. The Kier molecular flexibility index (Phi) is 6.18. The molecule has 1 aliphatic rings. The molecule has 1 saturated carbocycles. The van der Waals surface area contributed by atoms with Gasteiger partial charge in [0.15, 0.2) is 6.10 Å². The number of nitrogen functional groups attached to an aromatic ring is 1. The van der Waals surface area contributed by atoms with E-state index < -0.39 is 17.0 Å². The van der Waals surface area contributed by atoms with Crippen molar-refractivity contribution < 1.29 is 19.2 Å². The van der Waals surface area contributed by atoms with Gasteiger partial charge in [-0.25, -0.2) is 4.79 Å². The van der Waals surface area contributed by atoms with Gasteiger partial charge in [-0.05, 0) is 37.3 Å². The first-order valence-electron chi connectivity index (χ1n) is 8.76. The van der Waals surface area contributed by atoms with Crippen LogP contribution in [0, 0.1) is 22.0 Å². The van der Waals surface area contributed by atoms with E-state index in [1.807, 2.05) is 0 Å². The third-order valence-corrected chi connectivity index (χ3v) is 5.15. The van der Waals surface area contributed by atoms with Crippen molar-refractivity contribution in [3.05, 3.63) is 33.9 Å². The summed E-state index contributed by atoms with van der Waals surface area (Å²) in [5.74, 6) is -0.285. The molecule has 0 aromatic heterocycles. The van der Waals surface area contributed by atoms with Crippen LogP contribution in [0.3, 0.4) is 0 Å². The van der Waals surface area contributed by atoms with Crippen LogP contribution in [-0.2, 0) is 9.53 Å². The lowest BCUT2D eigenvalue weighted by Crippen LogP contribution is -2.47. The Morgan fingerprint density at radius 1 is 1.35 bits per heavy atom. The van der Waals surface area contributed by atoms with Crippen molar-refractivity contribution in [3.63, 3.8) is 0 Å². The van der Waals surface area contributed by atoms with Crippen LogP contribution in [0.1, 0.15) is 50.4 Å². The third-order valence-electron chi connectivity index (χ3n) is 5.15. The average Bonchev–Trinajstić information content (AvgIpc) is 2.58. The maximum Gasteiger partial charge on any atom is 0.339 e. The fourth-order valence-electron chi connectivity index (χ4n) is 3.20. The first kappa shape index (κ1) is 19.7. The topological polar surface area (TPSA) is 125 Å². The minimum Gasteiger partial charge on any atom is -0.449 e. The second kappa shape index (κ2) is 8.16. The second-order valence-electron chi connectivity index (χ2n) is 6.96. The maximum atomic E-state index is 12.3. The van der Waals surface area contributed by atoms with Crippen molar-refractivity contribution in [3.8, 4) is 0 Å². The molecule has 0 aliphatic heterocycles. The highest BCUT2D eigenvalue weighted by Crippen LogP contribution is 2.29. The summed E-state index contributed by atoms with van der Waals surface area (Å²) in [4.78, 5) is 34.8. The summed E-state index contributed by atoms with van der Waals surface area (Å²) in [5.41, 5.74) is 5.07. The first-order valence-corrected chi connectivity index (χ1v) is 8.76. The van der Waals surface area contributed by atoms with Gasteiger partial charge < -0.3 is 15.8 Å². The number of nitrogens with zero attached hydrogens (tertiary/aromatic N) is 1. The van der Waals surface area contributed by atoms with E-state index >= 15 is 0 Å². The Labute approximate surface area is 152 Å². The molecule has 8 nitrogen and oxygen atoms in total. The van der Waals surface area contributed by atoms with E-state index in [2.05, 4.69) is 19.2 Å². The molecule has 1 fully saturated rings. The van der Waals surface area contributed by atoms with Crippen LogP contribution in [0.4, 0.5) is 11.4 Å². The number of benzene rings is 1. The van der Waals surface area contributed by atoms with Gasteiger partial charge in [0.1, 0.15) is 5.69 Å². The summed E-state index contributed by atoms with van der Waals surface area (Å²) in [7, 11) is 0. The van der Waals surface area contributed by atoms with Crippen LogP contribution >= 0.6 is 0 Å². The van der Waals surface area contributed by atoms with Crippen LogP contribution in [0.15, 0.2) is 18.2 Å². The molecule has 8 heteroatoms. The zero-order valence-corrected chi connectivity index (χ0v) is 15.2. The summed E-state index contributed by atoms with van der Waals surface area (Å²) >= 11 is 0. The van der Waals surface area contributed by atoms with E-state index in [1.165, 1.54) is 19.1 Å². The zero-order chi connectivity index (χ0) is 19.4. The van der Waals surface area contributed by atoms with Gasteiger partial charge in [-0.2, -0.15) is 0 Å². The SMILES string of the molecule is C[C@@H]1[C@H](C)CCC[C@@H]1NC(=O)[C@@H](C)OC(=O)c1ccc(N)c([N+](=O)[O-])c1. The minimum atomic E-state index is -0.997. The second-order valence-corrected chi connectivity index (χ2v) is 6.96. The molecule has 4 atom stereocenters. The molecule has 1 aromatic carbocycles. The highest BCUT2D eigenvalue weighted by Gasteiger charge is 2.30. The fourth-order valence-corrected chi connectivity index (χ4v) is 3.20. The molecule has 0 bridgehead atoms. The van der Waals surface area contributed by atoms with Crippen molar-refractivity contribution in [2.75, 3.05) is 5.73 Å². The van der Waals surface area contributed by atoms with E-state index in [-0.39, 0.29) is 28.9 Å². The van der Waals surface area contributed by atoms with Gasteiger partial charge in [-0.1, -0.05) is 26.7 Å². The van der Waals surface area contributed by atoms with Gasteiger partial charge in [0.05, 0.1) is 10.5 Å². The number of nitro groups is 1. The number of amides is 1. The maximum absolute atomic E-state index is 12.3. The van der Waals surface area contributed by atoms with Crippen LogP contribution < -0.4 is 11.1 Å². The first-order chi connectivity index (χ1) is 12.2. The molecule has 0 heterocycles. The Balaban J connectivity index is 1.99. The van der Waals surface area contributed by atoms with E-state index in [4.69, 9.17) is 10.5 Å². The number of carbonyl (C=O) groups excluding carboxylic acids is 2. The lowest BCUT2D eigenvalue weighted by Gasteiger charge is -2.35. The Bertz CT molecular complexity index is 706. The van der Waals surface area contributed by atoms with Gasteiger partial charge in [0.2, 0.25) is 0 Å². The van der Waals surface area contributed by atoms with E-state index in [0.717, 1.165) is 25.3 Å². The van der Waals surface area contributed by atoms with Crippen LogP contribution in [0.5, 0.6) is 0 Å². The standard InChI is InChI=1S/C18H25N3O5/c1-10-5-4-6-15(11(10)2)20-17(22)12(3)26-18(23)13-7-8-14(19)16(9-13)21(24)25/h7-12,15H,4-6,19H2,1-3H3,(H,20,22)/t10-,11-,12-,15+/m1/s1. The molecular formula is C18H25N3O5. The van der Waals surface area contributed by atoms with Crippen molar-refractivity contribution in [1.82, 2.24) is 5.32 Å². The Morgan fingerprint density at radius 2 is 2.04 bits per heavy atom. The van der Waals surface area contributed by atoms with Gasteiger partial charge in [0.25, 0.3) is 11.6 Å². The van der Waals surface area contributed by atoms with E-state index in [9.17, 15) is 19.7 Å². The van der Waals surface area contributed by atoms with Crippen LogP contribution in [0.2, 0.25) is 0 Å². The molecule has 142 valence electrons. The molecule has 1 amide bonds. The third kappa shape index (κ3) is 4.50. The molecule has 26 heavy (non-hydrogen) atoms. The summed E-state index contributed by atoms with van der Waals surface area (Å²) in [6.07, 6.45) is 2.11. The number of nitrogens with one attached hydrogen (secondary N) is 1. The Hall–Kier alpha value is -2.64. The largest absolute Gasteiger partial charge is 0.449 e. The monoisotopic (exact) mass is 363 g/mol. The number of rotatable bonds is 5. The lowest BCUT2D eigenvalue weighted by molar-refractivity contribution is -0.383. The average molecular weight is 363 g/mol. The number of ether oxygens (including phenoxy) is 1. The lowest BCUT2D eigenvalue weighted by atomic mass is 9.78. The van der Waals surface area contributed by atoms with E-state index in [1.54, 1.807) is 0 Å². The summed E-state index contributed by atoms with van der Waals surface area (Å²) in [5, 5.41) is 13.9. The van der Waals surface area contributed by atoms with E-state index in [0.29, 0.717) is 11.8 Å². The molecule has 2 rings (SSSR count). The predicted molar refractivity (Wildman–Crippen MR) is 96.5 cm³/mol. The number of esters is 1. The highest BCUT2D eigenvalue weighted by atomic mass is 16.6. The zero-order valence-electron chi connectivity index (χ0n) is 15.2. The molecule has 0 saturated heterocycles. The highest BCUT2D eigenvalue weighted by molar-refractivity contribution is 5.93. The van der Waals surface area contributed by atoms with Crippen molar-refractivity contribution in [2.24, 2.45) is 11.8 Å². The van der Waals surface area contributed by atoms with Crippen molar-refractivity contribution >= 4 is 23.3 Å². The molecule has 1 aromatic rings. The Morgan fingerprint density at radius 3 is 2.69 bits per heavy atom. The molecule has 0 unspecified atom stereocenters. The molecule has 3 N–H and O–H groups in total. The van der Waals surface area contributed by atoms with Gasteiger partial charge >= 0.3 is 5.97 Å². The number of hydrogen-bond donors (Lipinski definition) is 2. The molecule has 1 aliphatic carbocycles. The quantitative estimate of drug-likeness (QED) is 0.359. The molecule has 0 radical (unpaired) electrons. The van der Waals surface area contributed by atoms with Gasteiger partial charge in [-0.3, -0.25) is 14.9 Å². The normalized spacial score (nSPS) is 23.7. The van der Waals surface area contributed by atoms with Gasteiger partial charge in [0, 0.05) is 12.1 Å². The number of nitrogens with two attached hydrogens (primary N) is 1. The number of carbonyl (C=O) groups is 2. The minimum absolute atomic E-state index is 0.0230. The van der Waals surface area contributed by atoms with Crippen molar-refractivity contribution in [2.45, 2.75) is 52.2 Å². The number of anilines is 1. The van der Waals surface area contributed by atoms with Crippen LogP contribution in [0.25, 0.3) is 0 Å². The summed E-state index contributed by atoms with van der Waals surface area (Å²) in [6.45, 7) is 5.76. The summed E-state index contributed by atoms with van der Waals surface area (Å²) < 4.78 is 5.16. The number of hydrogen-bond acceptors (Lipinski definition) is 6. The summed E-state index contributed by atoms with van der Waals surface area (Å²) in [6, 6.07) is 3.71. The van der Waals surface area contributed by atoms with Crippen molar-refractivity contribution in [1.29, 1.82) is 0 Å². The molecule has 0 spiro atoms.